The van der Waals surface area contributed by atoms with E-state index in [0.29, 0.717) is 18.0 Å². The molecular formula is C16H20N2O. The van der Waals surface area contributed by atoms with Crippen LogP contribution in [0.15, 0.2) is 24.4 Å². The third-order valence-electron chi connectivity index (χ3n) is 3.90. The standard InChI is InChI=1S/C16H20N2O/c17-12-14(15-9-5-6-10-18-15)16(19)11-13-7-3-1-2-4-8-13/h5-6,9-10,13-14H,1-4,7-8,11H2. The number of nitriles is 1. The summed E-state index contributed by atoms with van der Waals surface area (Å²) in [6, 6.07) is 7.50. The highest BCUT2D eigenvalue weighted by molar-refractivity contribution is 5.88. The number of carbonyl (C=O) groups excluding carboxylic acids is 1. The van der Waals surface area contributed by atoms with Crippen LogP contribution >= 0.6 is 0 Å². The van der Waals surface area contributed by atoms with Crippen LogP contribution < -0.4 is 0 Å². The first-order valence-electron chi connectivity index (χ1n) is 7.14. The van der Waals surface area contributed by atoms with E-state index in [-0.39, 0.29) is 5.78 Å². The highest BCUT2D eigenvalue weighted by atomic mass is 16.1. The number of pyridine rings is 1. The molecule has 3 nitrogen and oxygen atoms in total. The molecule has 1 unspecified atom stereocenters. The Morgan fingerprint density at radius 1 is 1.32 bits per heavy atom. The molecule has 0 aromatic carbocycles. The molecule has 19 heavy (non-hydrogen) atoms. The Kier molecular flexibility index (Phi) is 5.09. The summed E-state index contributed by atoms with van der Waals surface area (Å²) in [7, 11) is 0. The van der Waals surface area contributed by atoms with Crippen molar-refractivity contribution in [3.05, 3.63) is 30.1 Å². The number of hydrogen-bond acceptors (Lipinski definition) is 3. The quantitative estimate of drug-likeness (QED) is 0.773. The van der Waals surface area contributed by atoms with Crippen LogP contribution in [0.2, 0.25) is 0 Å². The summed E-state index contributed by atoms with van der Waals surface area (Å²) in [5.41, 5.74) is 0.587. The Balaban J connectivity index is 1.99. The van der Waals surface area contributed by atoms with Crippen molar-refractivity contribution < 1.29 is 4.79 Å². The van der Waals surface area contributed by atoms with Gasteiger partial charge in [-0.25, -0.2) is 0 Å². The maximum Gasteiger partial charge on any atom is 0.156 e. The average Bonchev–Trinajstić information content (AvgIpc) is 2.69. The number of ketones is 1. The number of hydrogen-bond donors (Lipinski definition) is 0. The zero-order chi connectivity index (χ0) is 13.5. The van der Waals surface area contributed by atoms with Crippen LogP contribution in [-0.4, -0.2) is 10.8 Å². The third-order valence-corrected chi connectivity index (χ3v) is 3.90. The summed E-state index contributed by atoms with van der Waals surface area (Å²) < 4.78 is 0. The summed E-state index contributed by atoms with van der Waals surface area (Å²) in [5.74, 6) is -0.188. The van der Waals surface area contributed by atoms with Gasteiger partial charge in [0.2, 0.25) is 0 Å². The van der Waals surface area contributed by atoms with Gasteiger partial charge < -0.3 is 0 Å². The number of carbonyl (C=O) groups is 1. The lowest BCUT2D eigenvalue weighted by Crippen LogP contribution is -2.16. The van der Waals surface area contributed by atoms with Gasteiger partial charge in [0.1, 0.15) is 5.92 Å². The van der Waals surface area contributed by atoms with Crippen molar-refractivity contribution in [1.82, 2.24) is 4.98 Å². The molecular weight excluding hydrogens is 236 g/mol. The number of nitrogens with zero attached hydrogens (tertiary/aromatic N) is 2. The molecule has 1 aromatic heterocycles. The van der Waals surface area contributed by atoms with Gasteiger partial charge in [0.05, 0.1) is 11.8 Å². The van der Waals surface area contributed by atoms with Gasteiger partial charge in [0.15, 0.2) is 5.78 Å². The van der Waals surface area contributed by atoms with Crippen molar-refractivity contribution in [3.63, 3.8) is 0 Å². The Labute approximate surface area is 114 Å². The second-order valence-electron chi connectivity index (χ2n) is 5.34. The van der Waals surface area contributed by atoms with Crippen LogP contribution in [0.4, 0.5) is 0 Å². The molecule has 0 bridgehead atoms. The second-order valence-corrected chi connectivity index (χ2v) is 5.34. The van der Waals surface area contributed by atoms with Crippen molar-refractivity contribution in [2.75, 3.05) is 0 Å². The van der Waals surface area contributed by atoms with Gasteiger partial charge in [-0.15, -0.1) is 0 Å². The summed E-state index contributed by atoms with van der Waals surface area (Å²) in [5, 5.41) is 9.22. The minimum atomic E-state index is -0.690. The molecule has 0 radical (unpaired) electrons. The summed E-state index contributed by atoms with van der Waals surface area (Å²) >= 11 is 0. The molecule has 1 atom stereocenters. The second kappa shape index (κ2) is 7.04. The molecule has 0 aliphatic heterocycles. The van der Waals surface area contributed by atoms with Crippen LogP contribution in [0.25, 0.3) is 0 Å². The van der Waals surface area contributed by atoms with Gasteiger partial charge in [-0.1, -0.05) is 44.6 Å². The van der Waals surface area contributed by atoms with E-state index < -0.39 is 5.92 Å². The number of aromatic nitrogens is 1. The molecule has 0 amide bonds. The smallest absolute Gasteiger partial charge is 0.156 e. The van der Waals surface area contributed by atoms with Crippen LogP contribution in [-0.2, 0) is 4.79 Å². The first kappa shape index (κ1) is 13.7. The first-order chi connectivity index (χ1) is 9.31. The molecule has 0 saturated heterocycles. The first-order valence-corrected chi connectivity index (χ1v) is 7.14. The van der Waals surface area contributed by atoms with Crippen molar-refractivity contribution in [3.8, 4) is 6.07 Å². The lowest BCUT2D eigenvalue weighted by atomic mass is 9.88. The van der Waals surface area contributed by atoms with E-state index in [1.54, 1.807) is 18.3 Å². The van der Waals surface area contributed by atoms with Crippen molar-refractivity contribution in [2.45, 2.75) is 50.9 Å². The van der Waals surface area contributed by atoms with Crippen LogP contribution in [0.1, 0.15) is 56.6 Å². The fraction of sp³-hybridized carbons (Fsp3) is 0.562. The highest BCUT2D eigenvalue weighted by Gasteiger charge is 2.24. The minimum absolute atomic E-state index is 0.0353. The Morgan fingerprint density at radius 2 is 2.05 bits per heavy atom. The number of rotatable bonds is 4. The van der Waals surface area contributed by atoms with E-state index in [1.165, 1.54) is 25.7 Å². The lowest BCUT2D eigenvalue weighted by molar-refractivity contribution is -0.120. The van der Waals surface area contributed by atoms with Crippen LogP contribution in [0.5, 0.6) is 0 Å². The summed E-state index contributed by atoms with van der Waals surface area (Å²) in [6.45, 7) is 0. The van der Waals surface area contributed by atoms with E-state index in [0.717, 1.165) is 12.8 Å². The lowest BCUT2D eigenvalue weighted by Gasteiger charge is -2.14. The van der Waals surface area contributed by atoms with E-state index in [1.807, 2.05) is 6.07 Å². The van der Waals surface area contributed by atoms with E-state index in [9.17, 15) is 10.1 Å². The van der Waals surface area contributed by atoms with Gasteiger partial charge in [0.25, 0.3) is 0 Å². The van der Waals surface area contributed by atoms with Gasteiger partial charge in [0, 0.05) is 12.6 Å². The van der Waals surface area contributed by atoms with Crippen molar-refractivity contribution in [1.29, 1.82) is 5.26 Å². The SMILES string of the molecule is N#CC(C(=O)CC1CCCCCC1)c1ccccn1. The molecule has 1 saturated carbocycles. The monoisotopic (exact) mass is 256 g/mol. The zero-order valence-corrected chi connectivity index (χ0v) is 11.2. The molecule has 1 aliphatic carbocycles. The molecule has 1 fully saturated rings. The zero-order valence-electron chi connectivity index (χ0n) is 11.2. The topological polar surface area (TPSA) is 53.8 Å². The van der Waals surface area contributed by atoms with Crippen molar-refractivity contribution in [2.24, 2.45) is 5.92 Å². The van der Waals surface area contributed by atoms with Gasteiger partial charge in [-0.3, -0.25) is 9.78 Å². The van der Waals surface area contributed by atoms with E-state index in [4.69, 9.17) is 0 Å². The molecule has 0 N–H and O–H groups in total. The molecule has 3 heteroatoms. The summed E-state index contributed by atoms with van der Waals surface area (Å²) in [6.07, 6.45) is 9.45. The summed E-state index contributed by atoms with van der Waals surface area (Å²) in [4.78, 5) is 16.4. The van der Waals surface area contributed by atoms with Gasteiger partial charge in [-0.2, -0.15) is 5.26 Å². The Bertz CT molecular complexity index is 442. The van der Waals surface area contributed by atoms with Crippen LogP contribution in [0.3, 0.4) is 0 Å². The number of Topliss-reactive ketones (excluding diaryl/α,β-unsaturated/α-hetero) is 1. The molecule has 0 spiro atoms. The third kappa shape index (κ3) is 3.89. The Hall–Kier alpha value is -1.69. The highest BCUT2D eigenvalue weighted by Crippen LogP contribution is 2.28. The fourth-order valence-electron chi connectivity index (χ4n) is 2.82. The Morgan fingerprint density at radius 3 is 2.63 bits per heavy atom. The largest absolute Gasteiger partial charge is 0.298 e. The van der Waals surface area contributed by atoms with Gasteiger partial charge >= 0.3 is 0 Å². The normalized spacial score (nSPS) is 18.3. The predicted molar refractivity (Wildman–Crippen MR) is 73.4 cm³/mol. The molecule has 100 valence electrons. The van der Waals surface area contributed by atoms with Gasteiger partial charge in [-0.05, 0) is 18.1 Å². The molecule has 1 aliphatic rings. The average molecular weight is 256 g/mol. The van der Waals surface area contributed by atoms with Crippen molar-refractivity contribution >= 4 is 5.78 Å². The minimum Gasteiger partial charge on any atom is -0.298 e. The molecule has 1 heterocycles. The molecule has 1 aromatic rings. The fourth-order valence-corrected chi connectivity index (χ4v) is 2.82. The van der Waals surface area contributed by atoms with E-state index in [2.05, 4.69) is 11.1 Å². The van der Waals surface area contributed by atoms with Crippen LogP contribution in [0, 0.1) is 17.2 Å². The maximum absolute atomic E-state index is 12.3. The predicted octanol–water partition coefficient (Wildman–Crippen LogP) is 3.62. The maximum atomic E-state index is 12.3. The van der Waals surface area contributed by atoms with E-state index >= 15 is 0 Å². The molecule has 2 rings (SSSR count).